The maximum atomic E-state index is 11.0. The second-order valence-electron chi connectivity index (χ2n) is 3.26. The van der Waals surface area contributed by atoms with E-state index in [0.29, 0.717) is 6.61 Å². The van der Waals surface area contributed by atoms with Crippen molar-refractivity contribution in [3.05, 3.63) is 54.9 Å². The highest BCUT2D eigenvalue weighted by Gasteiger charge is 2.09. The molecule has 0 spiro atoms. The molecule has 0 radical (unpaired) electrons. The molecule has 92 valence electrons. The number of aliphatic hydroxyl groups is 1. The van der Waals surface area contributed by atoms with Crippen molar-refractivity contribution < 1.29 is 10.6 Å². The van der Waals surface area contributed by atoms with Crippen molar-refractivity contribution in [3.63, 3.8) is 0 Å². The van der Waals surface area contributed by atoms with Crippen LogP contribution in [0.3, 0.4) is 0 Å². The Hall–Kier alpha value is -1.85. The number of hydrogen-bond acceptors (Lipinski definition) is 4. The Bertz CT molecular complexity index is 556. The fourth-order valence-corrected chi connectivity index (χ4v) is 1.23. The predicted molar refractivity (Wildman–Crippen MR) is 66.1 cm³/mol. The van der Waals surface area contributed by atoms with Crippen LogP contribution in [0.15, 0.2) is 38.6 Å². The van der Waals surface area contributed by atoms with Gasteiger partial charge in [-0.15, -0.1) is 0 Å². The van der Waals surface area contributed by atoms with Crippen LogP contribution in [0.5, 0.6) is 0 Å². The minimum Gasteiger partial charge on any atom is -0.412 e. The second kappa shape index (κ2) is 6.67. The molecule has 2 aromatic rings. The monoisotopic (exact) mass is 238 g/mol. The molecule has 0 aliphatic heterocycles. The van der Waals surface area contributed by atoms with Gasteiger partial charge in [-0.05, 0) is 6.42 Å². The summed E-state index contributed by atoms with van der Waals surface area (Å²) in [7, 11) is 0. The van der Waals surface area contributed by atoms with Gasteiger partial charge in [0, 0.05) is 17.4 Å². The van der Waals surface area contributed by atoms with Crippen molar-refractivity contribution in [2.75, 3.05) is 6.61 Å². The zero-order chi connectivity index (χ0) is 12.1. The summed E-state index contributed by atoms with van der Waals surface area (Å²) < 4.78 is 0. The molecular formula is C12H14O5. The summed E-state index contributed by atoms with van der Waals surface area (Å²) in [5.74, 6) is 0. The highest BCUT2D eigenvalue weighted by Crippen LogP contribution is 2.01. The fraction of sp³-hybridized carbons (Fsp3) is 0.250. The first-order valence-corrected chi connectivity index (χ1v) is 4.96. The maximum Gasteiger partial charge on any atom is 0.273 e. The second-order valence-corrected chi connectivity index (χ2v) is 3.26. The van der Waals surface area contributed by atoms with Gasteiger partial charge in [-0.3, -0.25) is 14.4 Å². The lowest BCUT2D eigenvalue weighted by Gasteiger charge is -1.81. The molecule has 2 aromatic carbocycles. The molecular weight excluding hydrogens is 224 g/mol. The molecule has 3 N–H and O–H groups in total. The molecule has 0 atom stereocenters. The molecule has 0 saturated heterocycles. The van der Waals surface area contributed by atoms with Crippen molar-refractivity contribution in [1.82, 2.24) is 0 Å². The lowest BCUT2D eigenvalue weighted by Crippen LogP contribution is -2.29. The van der Waals surface area contributed by atoms with Crippen LogP contribution >= 0.6 is 0 Å². The zero-order valence-electron chi connectivity index (χ0n) is 9.40. The third kappa shape index (κ3) is 3.05. The number of benzene rings is 1. The van der Waals surface area contributed by atoms with Crippen LogP contribution in [0, 0.1) is 0 Å². The number of hydrogen-bond donors (Lipinski definition) is 1. The molecule has 0 unspecified atom stereocenters. The summed E-state index contributed by atoms with van der Waals surface area (Å²) in [6.07, 6.45) is 0.875. The van der Waals surface area contributed by atoms with E-state index in [-0.39, 0.29) is 16.2 Å². The Kier molecular flexibility index (Phi) is 5.95. The Morgan fingerprint density at radius 1 is 0.941 bits per heavy atom. The molecule has 0 aliphatic carbocycles. The van der Waals surface area contributed by atoms with Gasteiger partial charge in [0.05, 0.1) is 0 Å². The van der Waals surface area contributed by atoms with Crippen molar-refractivity contribution >= 4 is 10.8 Å². The van der Waals surface area contributed by atoms with Crippen LogP contribution in [-0.2, 0) is 0 Å². The summed E-state index contributed by atoms with van der Waals surface area (Å²) in [4.78, 5) is 32.9. The molecule has 0 heterocycles. The van der Waals surface area contributed by atoms with Crippen molar-refractivity contribution in [3.8, 4) is 0 Å². The van der Waals surface area contributed by atoms with E-state index in [4.69, 9.17) is 5.11 Å². The number of fused-ring (bicyclic) bond motifs is 1. The van der Waals surface area contributed by atoms with E-state index in [1.807, 2.05) is 6.92 Å². The van der Waals surface area contributed by atoms with E-state index in [0.717, 1.165) is 6.42 Å². The van der Waals surface area contributed by atoms with Crippen LogP contribution in [0.1, 0.15) is 13.3 Å². The highest BCUT2D eigenvalue weighted by atomic mass is 16.2. The fourth-order valence-electron chi connectivity index (χ4n) is 1.23. The largest absolute Gasteiger partial charge is 0.412 e. The maximum absolute atomic E-state index is 11.0. The summed E-state index contributed by atoms with van der Waals surface area (Å²) >= 11 is 0. The standard InChI is InChI=1S/C9H4O3.C3H8O.H2O/c10-7-5-3-1-2-4-6(5)8(11)9(7)12;1-2-3-4;/h1-4H;4H,2-3H2,1H3;1H2. The SMILES string of the molecule is CCCO.O.O=c1c(=O)c2ccccc2c1=O. The molecule has 0 saturated carbocycles. The van der Waals surface area contributed by atoms with Crippen LogP contribution in [0.4, 0.5) is 0 Å². The third-order valence-electron chi connectivity index (χ3n) is 2.05. The highest BCUT2D eigenvalue weighted by molar-refractivity contribution is 5.83. The van der Waals surface area contributed by atoms with E-state index in [1.165, 1.54) is 12.1 Å². The van der Waals surface area contributed by atoms with Gasteiger partial charge in [0.15, 0.2) is 0 Å². The summed E-state index contributed by atoms with van der Waals surface area (Å²) in [5.41, 5.74) is -2.29. The quantitative estimate of drug-likeness (QED) is 0.667. The van der Waals surface area contributed by atoms with E-state index in [2.05, 4.69) is 0 Å². The van der Waals surface area contributed by atoms with E-state index in [1.54, 1.807) is 12.1 Å². The molecule has 5 nitrogen and oxygen atoms in total. The number of rotatable bonds is 1. The van der Waals surface area contributed by atoms with E-state index in [9.17, 15) is 14.4 Å². The molecule has 5 heteroatoms. The molecule has 17 heavy (non-hydrogen) atoms. The smallest absolute Gasteiger partial charge is 0.273 e. The van der Waals surface area contributed by atoms with Crippen LogP contribution < -0.4 is 16.3 Å². The lowest BCUT2D eigenvalue weighted by molar-refractivity contribution is 0.295. The Balaban J connectivity index is 0.000000453. The first kappa shape index (κ1) is 15.2. The Morgan fingerprint density at radius 2 is 1.29 bits per heavy atom. The van der Waals surface area contributed by atoms with Crippen LogP contribution in [0.25, 0.3) is 10.8 Å². The minimum absolute atomic E-state index is 0. The minimum atomic E-state index is -0.920. The summed E-state index contributed by atoms with van der Waals surface area (Å²) in [5, 5.41) is 8.33. The average Bonchev–Trinajstić information content (AvgIpc) is 2.56. The van der Waals surface area contributed by atoms with Crippen LogP contribution in [-0.4, -0.2) is 17.2 Å². The summed E-state index contributed by atoms with van der Waals surface area (Å²) in [6, 6.07) is 6.23. The Morgan fingerprint density at radius 3 is 1.59 bits per heavy atom. The van der Waals surface area contributed by atoms with Crippen molar-refractivity contribution in [1.29, 1.82) is 0 Å². The Labute approximate surface area is 97.0 Å². The molecule has 0 amide bonds. The van der Waals surface area contributed by atoms with Gasteiger partial charge in [-0.25, -0.2) is 0 Å². The van der Waals surface area contributed by atoms with Gasteiger partial charge in [0.1, 0.15) is 0 Å². The lowest BCUT2D eigenvalue weighted by atomic mass is 10.2. The van der Waals surface area contributed by atoms with Crippen LogP contribution in [0.2, 0.25) is 0 Å². The first-order chi connectivity index (χ1) is 7.63. The van der Waals surface area contributed by atoms with Gasteiger partial charge in [0.25, 0.3) is 5.43 Å². The van der Waals surface area contributed by atoms with E-state index < -0.39 is 16.3 Å². The molecule has 0 bridgehead atoms. The normalized spacial score (nSPS) is 9.29. The predicted octanol–water partition coefficient (Wildman–Crippen LogP) is -0.640. The van der Waals surface area contributed by atoms with Gasteiger partial charge < -0.3 is 10.6 Å². The summed E-state index contributed by atoms with van der Waals surface area (Å²) in [6.45, 7) is 2.25. The number of aliphatic hydroxyl groups excluding tert-OH is 1. The topological polar surface area (TPSA) is 103 Å². The van der Waals surface area contributed by atoms with Gasteiger partial charge in [0.2, 0.25) is 10.9 Å². The third-order valence-corrected chi connectivity index (χ3v) is 2.05. The van der Waals surface area contributed by atoms with Crippen molar-refractivity contribution in [2.45, 2.75) is 13.3 Å². The zero-order valence-corrected chi connectivity index (χ0v) is 9.40. The molecule has 0 fully saturated rings. The van der Waals surface area contributed by atoms with Gasteiger partial charge in [-0.1, -0.05) is 31.2 Å². The molecule has 0 aromatic heterocycles. The molecule has 0 aliphatic rings. The van der Waals surface area contributed by atoms with E-state index >= 15 is 0 Å². The van der Waals surface area contributed by atoms with Gasteiger partial charge >= 0.3 is 0 Å². The first-order valence-electron chi connectivity index (χ1n) is 4.96. The van der Waals surface area contributed by atoms with Crippen molar-refractivity contribution in [2.24, 2.45) is 0 Å². The average molecular weight is 238 g/mol. The van der Waals surface area contributed by atoms with Gasteiger partial charge in [-0.2, -0.15) is 0 Å². The molecule has 2 rings (SSSR count).